The zero-order valence-corrected chi connectivity index (χ0v) is 14.6. The normalized spacial score (nSPS) is 21.9. The van der Waals surface area contributed by atoms with E-state index in [0.717, 1.165) is 34.8 Å². The molecule has 122 valence electrons. The van der Waals surface area contributed by atoms with Crippen LogP contribution in [0.15, 0.2) is 12.3 Å². The molecule has 2 aromatic heterocycles. The van der Waals surface area contributed by atoms with Crippen LogP contribution in [0.4, 0.5) is 10.2 Å². The number of alkyl halides is 1. The molecule has 23 heavy (non-hydrogen) atoms. The lowest BCUT2D eigenvalue weighted by Crippen LogP contribution is -2.46. The number of hydrogen-bond acceptors (Lipinski definition) is 4. The quantitative estimate of drug-likeness (QED) is 0.870. The summed E-state index contributed by atoms with van der Waals surface area (Å²) in [5, 5.41) is 4.54. The highest BCUT2D eigenvalue weighted by Gasteiger charge is 2.28. The molecule has 1 aliphatic heterocycles. The number of rotatable bonds is 3. The van der Waals surface area contributed by atoms with Gasteiger partial charge < -0.3 is 10.2 Å². The maximum Gasteiger partial charge on any atom is 0.144 e. The van der Waals surface area contributed by atoms with Gasteiger partial charge >= 0.3 is 0 Å². The molecule has 2 atom stereocenters. The van der Waals surface area contributed by atoms with Crippen molar-refractivity contribution in [3.05, 3.63) is 22.7 Å². The topological polar surface area (TPSA) is 28.2 Å². The Balaban J connectivity index is 1.96. The summed E-state index contributed by atoms with van der Waals surface area (Å²) in [6.45, 7) is 5.38. The molecule has 1 fully saturated rings. The molecule has 3 heterocycles. The molecule has 1 saturated heterocycles. The lowest BCUT2D eigenvalue weighted by molar-refractivity contribution is 0.149. The van der Waals surface area contributed by atoms with Crippen molar-refractivity contribution < 1.29 is 4.39 Å². The molecule has 1 aliphatic rings. The molecule has 0 amide bonds. The maximum absolute atomic E-state index is 14.3. The Labute approximate surface area is 140 Å². The molecule has 3 rings (SSSR count). The Kier molecular flexibility index (Phi) is 4.84. The van der Waals surface area contributed by atoms with Gasteiger partial charge in [-0.2, -0.15) is 0 Å². The summed E-state index contributed by atoms with van der Waals surface area (Å²) >= 11 is 1.66. The molecule has 0 bridgehead atoms. The number of hydrogen-bond donors (Lipinski definition) is 1. The number of fused-ring (bicyclic) bond motifs is 1. The number of pyridine rings is 1. The van der Waals surface area contributed by atoms with E-state index in [2.05, 4.69) is 29.1 Å². The van der Waals surface area contributed by atoms with Crippen LogP contribution < -0.4 is 5.32 Å². The monoisotopic (exact) mass is 331 g/mol. The van der Waals surface area contributed by atoms with Crippen molar-refractivity contribution >= 4 is 27.2 Å². The summed E-state index contributed by atoms with van der Waals surface area (Å²) in [5.41, 5.74) is 1.27. The number of anilines is 1. The molecule has 0 saturated carbocycles. The Morgan fingerprint density at radius 1 is 1.52 bits per heavy atom. The first-order chi connectivity index (χ1) is 11.1. The van der Waals surface area contributed by atoms with E-state index in [1.807, 2.05) is 31.1 Å². The first kappa shape index (κ1) is 16.2. The molecule has 1 N–H and O–H groups in total. The van der Waals surface area contributed by atoms with Gasteiger partial charge in [-0.15, -0.1) is 17.3 Å². The van der Waals surface area contributed by atoms with Crippen molar-refractivity contribution in [3.8, 4) is 11.8 Å². The fraction of sp³-hybridized carbons (Fsp3) is 0.500. The highest BCUT2D eigenvalue weighted by molar-refractivity contribution is 7.20. The second-order valence-corrected chi connectivity index (χ2v) is 7.01. The van der Waals surface area contributed by atoms with E-state index < -0.39 is 6.17 Å². The molecule has 0 aliphatic carbocycles. The molecule has 0 spiro atoms. The van der Waals surface area contributed by atoms with Crippen LogP contribution >= 0.6 is 11.3 Å². The van der Waals surface area contributed by atoms with Crippen LogP contribution in [-0.2, 0) is 6.42 Å². The van der Waals surface area contributed by atoms with Gasteiger partial charge in [0.1, 0.15) is 12.0 Å². The number of likely N-dealkylation sites (tertiary alicyclic amines) is 1. The summed E-state index contributed by atoms with van der Waals surface area (Å²) in [4.78, 5) is 7.61. The largest absolute Gasteiger partial charge is 0.363 e. The second-order valence-electron chi connectivity index (χ2n) is 5.99. The molecule has 0 radical (unpaired) electrons. The molecule has 0 aromatic carbocycles. The third-order valence-electron chi connectivity index (χ3n) is 4.37. The van der Waals surface area contributed by atoms with Gasteiger partial charge in [0, 0.05) is 24.7 Å². The van der Waals surface area contributed by atoms with Crippen LogP contribution in [0, 0.1) is 11.8 Å². The average molecular weight is 331 g/mol. The van der Waals surface area contributed by atoms with Crippen molar-refractivity contribution in [1.82, 2.24) is 9.88 Å². The Hall–Kier alpha value is -1.64. The standard InChI is InChI=1S/C18H22FN3S/c1-4-6-16-12(5-2)13-7-9-20-18(17(13)23-16)21-15-8-10-22(3)11-14(15)19/h7,9,14-15H,5,8,10-11H2,1-3H3,(H,20,21). The van der Waals surface area contributed by atoms with Crippen molar-refractivity contribution in [2.45, 2.75) is 38.9 Å². The lowest BCUT2D eigenvalue weighted by Gasteiger charge is -2.33. The smallest absolute Gasteiger partial charge is 0.144 e. The molecule has 3 nitrogen and oxygen atoms in total. The third kappa shape index (κ3) is 3.19. The number of nitrogens with zero attached hydrogens (tertiary/aromatic N) is 2. The summed E-state index contributed by atoms with van der Waals surface area (Å²) in [7, 11) is 1.96. The summed E-state index contributed by atoms with van der Waals surface area (Å²) in [5.74, 6) is 6.98. The molecule has 2 aromatic rings. The van der Waals surface area contributed by atoms with Gasteiger partial charge in [0.2, 0.25) is 0 Å². The van der Waals surface area contributed by atoms with E-state index >= 15 is 0 Å². The van der Waals surface area contributed by atoms with Crippen molar-refractivity contribution in [3.63, 3.8) is 0 Å². The number of thiophene rings is 1. The Morgan fingerprint density at radius 3 is 3.04 bits per heavy atom. The van der Waals surface area contributed by atoms with Crippen molar-refractivity contribution in [2.75, 3.05) is 25.5 Å². The lowest BCUT2D eigenvalue weighted by atomic mass is 10.0. The average Bonchev–Trinajstić information content (AvgIpc) is 2.88. The minimum absolute atomic E-state index is 0.169. The molecular formula is C18H22FN3S. The van der Waals surface area contributed by atoms with Crippen molar-refractivity contribution in [1.29, 1.82) is 0 Å². The summed E-state index contributed by atoms with van der Waals surface area (Å²) in [6, 6.07) is 1.87. The van der Waals surface area contributed by atoms with Crippen LogP contribution in [-0.4, -0.2) is 42.2 Å². The maximum atomic E-state index is 14.3. The Bertz CT molecular complexity index is 759. The van der Waals surface area contributed by atoms with Gasteiger partial charge in [-0.1, -0.05) is 12.8 Å². The zero-order valence-electron chi connectivity index (χ0n) is 13.8. The highest BCUT2D eigenvalue weighted by atomic mass is 32.1. The third-order valence-corrected chi connectivity index (χ3v) is 5.54. The first-order valence-electron chi connectivity index (χ1n) is 8.06. The fourth-order valence-corrected chi connectivity index (χ4v) is 4.38. The minimum atomic E-state index is -0.869. The van der Waals surface area contributed by atoms with E-state index in [-0.39, 0.29) is 6.04 Å². The molecular weight excluding hydrogens is 309 g/mol. The number of halogens is 1. The van der Waals surface area contributed by atoms with Crippen molar-refractivity contribution in [2.24, 2.45) is 0 Å². The van der Waals surface area contributed by atoms with Crippen LogP contribution in [0.2, 0.25) is 0 Å². The SMILES string of the molecule is CC#Cc1sc2c(NC3CCN(C)CC3F)nccc2c1CC. The first-order valence-corrected chi connectivity index (χ1v) is 8.88. The highest BCUT2D eigenvalue weighted by Crippen LogP contribution is 2.36. The van der Waals surface area contributed by atoms with E-state index in [1.54, 1.807) is 11.3 Å². The predicted octanol–water partition coefficient (Wildman–Crippen LogP) is 3.68. The van der Waals surface area contributed by atoms with Crippen LogP contribution in [0.5, 0.6) is 0 Å². The van der Waals surface area contributed by atoms with Crippen LogP contribution in [0.25, 0.3) is 10.1 Å². The van der Waals surface area contributed by atoms with E-state index in [9.17, 15) is 4.39 Å². The molecule has 5 heteroatoms. The fourth-order valence-electron chi connectivity index (χ4n) is 3.14. The van der Waals surface area contributed by atoms with Crippen LogP contribution in [0.3, 0.4) is 0 Å². The van der Waals surface area contributed by atoms with Gasteiger partial charge in [0.15, 0.2) is 0 Å². The molecule has 2 unspecified atom stereocenters. The van der Waals surface area contributed by atoms with E-state index in [1.165, 1.54) is 10.9 Å². The van der Waals surface area contributed by atoms with E-state index in [4.69, 9.17) is 0 Å². The summed E-state index contributed by atoms with van der Waals surface area (Å²) < 4.78 is 15.4. The zero-order chi connectivity index (χ0) is 16.4. The number of nitrogens with one attached hydrogen (secondary N) is 1. The van der Waals surface area contributed by atoms with Crippen LogP contribution in [0.1, 0.15) is 30.7 Å². The van der Waals surface area contributed by atoms with Gasteiger partial charge in [-0.05, 0) is 38.4 Å². The minimum Gasteiger partial charge on any atom is -0.363 e. The van der Waals surface area contributed by atoms with E-state index in [0.29, 0.717) is 6.54 Å². The van der Waals surface area contributed by atoms with Gasteiger partial charge in [-0.25, -0.2) is 9.37 Å². The van der Waals surface area contributed by atoms with Gasteiger partial charge in [0.25, 0.3) is 0 Å². The number of piperidine rings is 1. The summed E-state index contributed by atoms with van der Waals surface area (Å²) in [6.07, 6.45) is 2.67. The second kappa shape index (κ2) is 6.86. The van der Waals surface area contributed by atoms with Gasteiger partial charge in [-0.3, -0.25) is 0 Å². The Morgan fingerprint density at radius 2 is 2.35 bits per heavy atom. The number of aryl methyl sites for hydroxylation is 1. The predicted molar refractivity (Wildman–Crippen MR) is 96.0 cm³/mol. The number of aromatic nitrogens is 1. The van der Waals surface area contributed by atoms with Gasteiger partial charge in [0.05, 0.1) is 15.6 Å².